The smallest absolute Gasteiger partial charge is 0.262 e. The molecule has 0 aliphatic carbocycles. The Balaban J connectivity index is 1.21. The van der Waals surface area contributed by atoms with Gasteiger partial charge in [-0.05, 0) is 99.5 Å². The van der Waals surface area contributed by atoms with Crippen LogP contribution >= 0.6 is 0 Å². The van der Waals surface area contributed by atoms with Crippen LogP contribution in [0.3, 0.4) is 0 Å². The fourth-order valence-corrected chi connectivity index (χ4v) is 5.55. The molecule has 0 atom stereocenters. The van der Waals surface area contributed by atoms with E-state index in [0.29, 0.717) is 23.5 Å². The average molecular weight is 629 g/mol. The molecule has 47 heavy (non-hydrogen) atoms. The second-order valence-electron chi connectivity index (χ2n) is 11.9. The number of carbonyl (C=O) groups is 1. The van der Waals surface area contributed by atoms with Crippen molar-refractivity contribution in [2.75, 3.05) is 41.7 Å². The zero-order valence-corrected chi connectivity index (χ0v) is 27.2. The predicted octanol–water partition coefficient (Wildman–Crippen LogP) is 8.20. The van der Waals surface area contributed by atoms with E-state index in [4.69, 9.17) is 9.47 Å². The first-order valence-electron chi connectivity index (χ1n) is 15.9. The molecule has 1 aliphatic heterocycles. The van der Waals surface area contributed by atoms with E-state index in [1.165, 1.54) is 11.9 Å². The topological polar surface area (TPSA) is 91.9 Å². The number of rotatable bonds is 10. The van der Waals surface area contributed by atoms with Crippen LogP contribution in [0.2, 0.25) is 0 Å². The summed E-state index contributed by atoms with van der Waals surface area (Å²) in [7, 11) is 0. The fourth-order valence-electron chi connectivity index (χ4n) is 5.55. The molecule has 1 aromatic heterocycles. The van der Waals surface area contributed by atoms with E-state index in [0.717, 1.165) is 54.4 Å². The lowest BCUT2D eigenvalue weighted by atomic mass is 10.1. The van der Waals surface area contributed by atoms with Gasteiger partial charge in [0.1, 0.15) is 22.8 Å². The van der Waals surface area contributed by atoms with Gasteiger partial charge in [-0.2, -0.15) is 4.98 Å². The molecule has 1 aliphatic rings. The number of benzene rings is 4. The Labute approximate surface area is 276 Å². The molecule has 5 aromatic rings. The molecular weight excluding hydrogens is 588 g/mol. The standard InChI is InChI=1S/C38H40N6O3/c1-26(2)43-21-23-44(24-22-43)30-15-13-29(14-16-30)40-38-39-25-34(36(45)41-35-27(3)9-8-10-28(35)4)37(42-38)47-33-19-17-32(18-20-33)46-31-11-6-5-7-12-31/h5-20,25-26H,21-24H2,1-4H3,(H,41,45)(H,39,40,42). The molecule has 0 unspecified atom stereocenters. The van der Waals surface area contributed by atoms with Crippen LogP contribution in [-0.2, 0) is 0 Å². The zero-order valence-electron chi connectivity index (χ0n) is 27.2. The van der Waals surface area contributed by atoms with E-state index in [2.05, 4.69) is 56.4 Å². The number of nitrogens with one attached hydrogen (secondary N) is 2. The van der Waals surface area contributed by atoms with Crippen molar-refractivity contribution in [1.82, 2.24) is 14.9 Å². The first-order valence-corrected chi connectivity index (χ1v) is 15.9. The molecule has 0 spiro atoms. The van der Waals surface area contributed by atoms with Crippen molar-refractivity contribution in [3.05, 3.63) is 120 Å². The van der Waals surface area contributed by atoms with Gasteiger partial charge in [-0.1, -0.05) is 36.4 Å². The second kappa shape index (κ2) is 14.3. The van der Waals surface area contributed by atoms with Gasteiger partial charge in [0.15, 0.2) is 0 Å². The summed E-state index contributed by atoms with van der Waals surface area (Å²) in [5.74, 6) is 1.97. The summed E-state index contributed by atoms with van der Waals surface area (Å²) in [6.45, 7) is 12.5. The number of aromatic nitrogens is 2. The molecule has 2 N–H and O–H groups in total. The Kier molecular flexibility index (Phi) is 9.64. The third-order valence-corrected chi connectivity index (χ3v) is 8.27. The van der Waals surface area contributed by atoms with Crippen molar-refractivity contribution in [2.24, 2.45) is 0 Å². The highest BCUT2D eigenvalue weighted by atomic mass is 16.5. The van der Waals surface area contributed by atoms with Gasteiger partial charge < -0.3 is 25.0 Å². The molecule has 1 saturated heterocycles. The molecule has 1 amide bonds. The van der Waals surface area contributed by atoms with Crippen LogP contribution in [-0.4, -0.2) is 53.0 Å². The van der Waals surface area contributed by atoms with E-state index in [1.54, 1.807) is 12.1 Å². The van der Waals surface area contributed by atoms with Crippen molar-refractivity contribution in [3.8, 4) is 23.1 Å². The lowest BCUT2D eigenvalue weighted by Gasteiger charge is -2.38. The minimum atomic E-state index is -0.366. The van der Waals surface area contributed by atoms with Gasteiger partial charge in [0.2, 0.25) is 11.8 Å². The molecule has 2 heterocycles. The van der Waals surface area contributed by atoms with Gasteiger partial charge >= 0.3 is 0 Å². The first kappa shape index (κ1) is 31.6. The zero-order chi connectivity index (χ0) is 32.8. The van der Waals surface area contributed by atoms with Gasteiger partial charge in [0, 0.05) is 55.5 Å². The Morgan fingerprint density at radius 3 is 2.00 bits per heavy atom. The summed E-state index contributed by atoms with van der Waals surface area (Å²) in [6.07, 6.45) is 1.49. The molecule has 0 saturated carbocycles. The Hall–Kier alpha value is -5.41. The second-order valence-corrected chi connectivity index (χ2v) is 11.9. The summed E-state index contributed by atoms with van der Waals surface area (Å²) >= 11 is 0. The SMILES string of the molecule is Cc1cccc(C)c1NC(=O)c1cnc(Nc2ccc(N3CCN(C(C)C)CC3)cc2)nc1Oc1ccc(Oc2ccccc2)cc1. The summed E-state index contributed by atoms with van der Waals surface area (Å²) in [4.78, 5) is 27.6. The molecular formula is C38H40N6O3. The number of nitrogens with zero attached hydrogens (tertiary/aromatic N) is 4. The quantitative estimate of drug-likeness (QED) is 0.160. The van der Waals surface area contributed by atoms with Crippen molar-refractivity contribution >= 4 is 28.9 Å². The van der Waals surface area contributed by atoms with Gasteiger partial charge in [0.25, 0.3) is 5.91 Å². The maximum Gasteiger partial charge on any atom is 0.262 e. The van der Waals surface area contributed by atoms with E-state index in [1.807, 2.05) is 86.6 Å². The summed E-state index contributed by atoms with van der Waals surface area (Å²) in [5.41, 5.74) is 4.88. The van der Waals surface area contributed by atoms with Gasteiger partial charge in [0.05, 0.1) is 0 Å². The van der Waals surface area contributed by atoms with Gasteiger partial charge in [-0.15, -0.1) is 0 Å². The summed E-state index contributed by atoms with van der Waals surface area (Å²) < 4.78 is 12.1. The van der Waals surface area contributed by atoms with Crippen molar-refractivity contribution < 1.29 is 14.3 Å². The minimum Gasteiger partial charge on any atom is -0.457 e. The number of amides is 1. The number of hydrogen-bond donors (Lipinski definition) is 2. The van der Waals surface area contributed by atoms with E-state index < -0.39 is 0 Å². The van der Waals surface area contributed by atoms with Crippen LogP contribution in [0.4, 0.5) is 23.0 Å². The highest BCUT2D eigenvalue weighted by Crippen LogP contribution is 2.30. The number of carbonyl (C=O) groups excluding carboxylic acids is 1. The number of piperazine rings is 1. The van der Waals surface area contributed by atoms with Crippen LogP contribution < -0.4 is 25.0 Å². The number of anilines is 4. The molecule has 1 fully saturated rings. The van der Waals surface area contributed by atoms with Crippen LogP contribution in [0, 0.1) is 13.8 Å². The molecule has 0 radical (unpaired) electrons. The Morgan fingerprint density at radius 1 is 0.745 bits per heavy atom. The Morgan fingerprint density at radius 2 is 1.36 bits per heavy atom. The largest absolute Gasteiger partial charge is 0.457 e. The van der Waals surface area contributed by atoms with Crippen LogP contribution in [0.5, 0.6) is 23.1 Å². The molecule has 240 valence electrons. The Bertz CT molecular complexity index is 1780. The van der Waals surface area contributed by atoms with E-state index in [-0.39, 0.29) is 17.4 Å². The summed E-state index contributed by atoms with van der Waals surface area (Å²) in [6, 6.07) is 31.4. The number of aryl methyl sites for hydroxylation is 2. The predicted molar refractivity (Wildman–Crippen MR) is 188 cm³/mol. The summed E-state index contributed by atoms with van der Waals surface area (Å²) in [5, 5.41) is 6.30. The van der Waals surface area contributed by atoms with Crippen molar-refractivity contribution in [1.29, 1.82) is 0 Å². The number of para-hydroxylation sites is 2. The highest BCUT2D eigenvalue weighted by Gasteiger charge is 2.21. The minimum absolute atomic E-state index is 0.127. The fraction of sp³-hybridized carbons (Fsp3) is 0.237. The third kappa shape index (κ3) is 7.88. The van der Waals surface area contributed by atoms with E-state index >= 15 is 0 Å². The maximum absolute atomic E-state index is 13.6. The third-order valence-electron chi connectivity index (χ3n) is 8.27. The highest BCUT2D eigenvalue weighted by molar-refractivity contribution is 6.06. The molecule has 0 bridgehead atoms. The molecule has 4 aromatic carbocycles. The maximum atomic E-state index is 13.6. The van der Waals surface area contributed by atoms with E-state index in [9.17, 15) is 4.79 Å². The van der Waals surface area contributed by atoms with Crippen molar-refractivity contribution in [3.63, 3.8) is 0 Å². The van der Waals surface area contributed by atoms with Crippen LogP contribution in [0.1, 0.15) is 35.3 Å². The molecule has 9 heteroatoms. The normalized spacial score (nSPS) is 13.3. The molecule has 6 rings (SSSR count). The lowest BCUT2D eigenvalue weighted by molar-refractivity contribution is 0.102. The van der Waals surface area contributed by atoms with Crippen LogP contribution in [0.25, 0.3) is 0 Å². The van der Waals surface area contributed by atoms with Crippen LogP contribution in [0.15, 0.2) is 103 Å². The van der Waals surface area contributed by atoms with Crippen molar-refractivity contribution in [2.45, 2.75) is 33.7 Å². The van der Waals surface area contributed by atoms with Gasteiger partial charge in [-0.3, -0.25) is 9.69 Å². The van der Waals surface area contributed by atoms with Gasteiger partial charge in [-0.25, -0.2) is 4.98 Å². The number of hydrogen-bond acceptors (Lipinski definition) is 8. The lowest BCUT2D eigenvalue weighted by Crippen LogP contribution is -2.48. The monoisotopic (exact) mass is 628 g/mol. The number of ether oxygens (including phenoxy) is 2. The molecule has 9 nitrogen and oxygen atoms in total. The average Bonchev–Trinajstić information content (AvgIpc) is 3.08. The first-order chi connectivity index (χ1) is 22.8.